The van der Waals surface area contributed by atoms with Crippen molar-refractivity contribution in [1.29, 1.82) is 0 Å². The zero-order chi connectivity index (χ0) is 20.3. The molecule has 1 aromatic heterocycles. The summed E-state index contributed by atoms with van der Waals surface area (Å²) in [7, 11) is 0. The lowest BCUT2D eigenvalue weighted by molar-refractivity contribution is -0.131. The molecule has 5 nitrogen and oxygen atoms in total. The van der Waals surface area contributed by atoms with E-state index in [9.17, 15) is 14.0 Å². The highest BCUT2D eigenvalue weighted by Crippen LogP contribution is 2.21. The van der Waals surface area contributed by atoms with E-state index in [4.69, 9.17) is 23.2 Å². The van der Waals surface area contributed by atoms with Crippen LogP contribution < -0.4 is 5.56 Å². The summed E-state index contributed by atoms with van der Waals surface area (Å²) in [6.07, 6.45) is 0.523. The Kier molecular flexibility index (Phi) is 6.31. The van der Waals surface area contributed by atoms with Crippen LogP contribution in [0, 0.1) is 5.82 Å². The Hall–Kier alpha value is -2.44. The van der Waals surface area contributed by atoms with Crippen molar-refractivity contribution >= 4 is 40.0 Å². The number of hydrogen-bond acceptors (Lipinski definition) is 3. The number of amides is 1. The molecule has 146 valence electrons. The molecule has 0 saturated carbocycles. The van der Waals surface area contributed by atoms with Crippen LogP contribution in [0.4, 0.5) is 4.39 Å². The van der Waals surface area contributed by atoms with Gasteiger partial charge >= 0.3 is 0 Å². The van der Waals surface area contributed by atoms with E-state index in [1.165, 1.54) is 17.0 Å². The van der Waals surface area contributed by atoms with Gasteiger partial charge in [0.2, 0.25) is 5.91 Å². The van der Waals surface area contributed by atoms with Gasteiger partial charge in [-0.2, -0.15) is 0 Å². The number of aromatic amines is 1. The van der Waals surface area contributed by atoms with Gasteiger partial charge in [0.15, 0.2) is 0 Å². The lowest BCUT2D eigenvalue weighted by Gasteiger charge is -2.22. The molecule has 0 bridgehead atoms. The summed E-state index contributed by atoms with van der Waals surface area (Å²) in [6.45, 7) is 2.45. The number of H-pyrrole nitrogens is 1. The van der Waals surface area contributed by atoms with Gasteiger partial charge in [0.05, 0.1) is 23.9 Å². The van der Waals surface area contributed by atoms with Gasteiger partial charge < -0.3 is 9.88 Å². The highest BCUT2D eigenvalue weighted by atomic mass is 35.5. The minimum Gasteiger partial charge on any atom is -0.335 e. The third-order valence-electron chi connectivity index (χ3n) is 4.29. The molecule has 0 radical (unpaired) electrons. The molecule has 0 aliphatic carbocycles. The van der Waals surface area contributed by atoms with Crippen LogP contribution in [0.1, 0.15) is 24.7 Å². The zero-order valence-corrected chi connectivity index (χ0v) is 16.6. The minimum atomic E-state index is -0.524. The smallest absolute Gasteiger partial charge is 0.258 e. The normalized spacial score (nSPS) is 11.0. The average Bonchev–Trinajstić information content (AvgIpc) is 2.64. The fourth-order valence-corrected chi connectivity index (χ4v) is 3.34. The van der Waals surface area contributed by atoms with Gasteiger partial charge in [-0.1, -0.05) is 36.2 Å². The molecule has 1 N–H and O–H groups in total. The van der Waals surface area contributed by atoms with Crippen molar-refractivity contribution in [2.75, 3.05) is 6.54 Å². The van der Waals surface area contributed by atoms with Crippen molar-refractivity contribution in [2.24, 2.45) is 0 Å². The van der Waals surface area contributed by atoms with Crippen molar-refractivity contribution in [1.82, 2.24) is 14.9 Å². The van der Waals surface area contributed by atoms with Crippen molar-refractivity contribution in [3.8, 4) is 0 Å². The van der Waals surface area contributed by atoms with E-state index in [1.807, 2.05) is 6.92 Å². The van der Waals surface area contributed by atoms with Crippen LogP contribution in [0.3, 0.4) is 0 Å². The maximum Gasteiger partial charge on any atom is 0.258 e. The number of hydrogen-bond donors (Lipinski definition) is 1. The van der Waals surface area contributed by atoms with Crippen LogP contribution in [0.25, 0.3) is 10.9 Å². The van der Waals surface area contributed by atoms with E-state index in [2.05, 4.69) is 9.97 Å². The number of benzene rings is 2. The lowest BCUT2D eigenvalue weighted by atomic mass is 10.1. The number of nitrogens with zero attached hydrogens (tertiary/aromatic N) is 2. The number of halogens is 3. The summed E-state index contributed by atoms with van der Waals surface area (Å²) >= 11 is 12.0. The van der Waals surface area contributed by atoms with Gasteiger partial charge in [0, 0.05) is 22.2 Å². The van der Waals surface area contributed by atoms with Crippen LogP contribution in [0.15, 0.2) is 41.2 Å². The van der Waals surface area contributed by atoms with E-state index in [-0.39, 0.29) is 35.0 Å². The number of nitrogens with one attached hydrogen (secondary N) is 1. The minimum absolute atomic E-state index is 0.0937. The molecule has 3 aromatic rings. The quantitative estimate of drug-likeness (QED) is 0.643. The Morgan fingerprint density at radius 2 is 2.04 bits per heavy atom. The first-order valence-electron chi connectivity index (χ1n) is 8.78. The lowest BCUT2D eigenvalue weighted by Crippen LogP contribution is -2.34. The molecule has 3 rings (SSSR count). The van der Waals surface area contributed by atoms with Gasteiger partial charge in [-0.3, -0.25) is 9.59 Å². The summed E-state index contributed by atoms with van der Waals surface area (Å²) in [4.78, 5) is 33.7. The molecule has 28 heavy (non-hydrogen) atoms. The topological polar surface area (TPSA) is 66.1 Å². The van der Waals surface area contributed by atoms with E-state index >= 15 is 0 Å². The Morgan fingerprint density at radius 1 is 1.25 bits per heavy atom. The highest BCUT2D eigenvalue weighted by molar-refractivity contribution is 6.31. The van der Waals surface area contributed by atoms with Crippen LogP contribution in [-0.4, -0.2) is 27.3 Å². The molecule has 8 heteroatoms. The van der Waals surface area contributed by atoms with Crippen molar-refractivity contribution < 1.29 is 9.18 Å². The first-order valence-corrected chi connectivity index (χ1v) is 9.53. The standard InChI is InChI=1S/C20H18Cl2FN3O2/c1-2-8-26(19(27)10-14-15(22)4-3-5-16(14)23)11-18-24-17-9-12(21)6-7-13(17)20(28)25-18/h3-7,9H,2,8,10-11H2,1H3,(H,24,25,28). The molecular formula is C20H18Cl2FN3O2. The second-order valence-electron chi connectivity index (χ2n) is 6.37. The van der Waals surface area contributed by atoms with E-state index in [0.29, 0.717) is 34.7 Å². The second kappa shape index (κ2) is 8.71. The SMILES string of the molecule is CCCN(Cc1nc2cc(Cl)ccc2c(=O)[nH]1)C(=O)Cc1c(F)cccc1Cl. The predicted octanol–water partition coefficient (Wildman–Crippen LogP) is 4.35. The van der Waals surface area contributed by atoms with Crippen molar-refractivity contribution in [2.45, 2.75) is 26.3 Å². The third kappa shape index (κ3) is 4.51. The maximum absolute atomic E-state index is 14.0. The van der Waals surface area contributed by atoms with Crippen LogP contribution in [0.2, 0.25) is 10.0 Å². The molecule has 0 unspecified atom stereocenters. The van der Waals surface area contributed by atoms with Gasteiger partial charge in [0.25, 0.3) is 5.56 Å². The number of aromatic nitrogens is 2. The molecule has 0 aliphatic heterocycles. The van der Waals surface area contributed by atoms with Crippen LogP contribution in [-0.2, 0) is 17.8 Å². The second-order valence-corrected chi connectivity index (χ2v) is 7.21. The Bertz CT molecular complexity index is 1060. The first kappa shape index (κ1) is 20.3. The molecule has 0 aliphatic rings. The van der Waals surface area contributed by atoms with Gasteiger partial charge in [-0.15, -0.1) is 0 Å². The van der Waals surface area contributed by atoms with Crippen molar-refractivity contribution in [3.05, 3.63) is 74.0 Å². The van der Waals surface area contributed by atoms with Crippen LogP contribution in [0.5, 0.6) is 0 Å². The summed E-state index contributed by atoms with van der Waals surface area (Å²) in [5.41, 5.74) is 0.298. The molecule has 0 spiro atoms. The molecule has 2 aromatic carbocycles. The molecular weight excluding hydrogens is 404 g/mol. The Labute approximate surface area is 171 Å². The highest BCUT2D eigenvalue weighted by Gasteiger charge is 2.19. The Morgan fingerprint density at radius 3 is 2.75 bits per heavy atom. The monoisotopic (exact) mass is 421 g/mol. The summed E-state index contributed by atoms with van der Waals surface area (Å²) in [5.74, 6) is -0.493. The van der Waals surface area contributed by atoms with Gasteiger partial charge in [-0.05, 0) is 36.8 Å². The summed E-state index contributed by atoms with van der Waals surface area (Å²) < 4.78 is 14.0. The van der Waals surface area contributed by atoms with E-state index in [0.717, 1.165) is 0 Å². The van der Waals surface area contributed by atoms with Gasteiger partial charge in [0.1, 0.15) is 11.6 Å². The average molecular weight is 422 g/mol. The van der Waals surface area contributed by atoms with E-state index < -0.39 is 5.82 Å². The molecule has 1 amide bonds. The molecule has 1 heterocycles. The van der Waals surface area contributed by atoms with Crippen molar-refractivity contribution in [3.63, 3.8) is 0 Å². The number of carbonyl (C=O) groups excluding carboxylic acids is 1. The van der Waals surface area contributed by atoms with Gasteiger partial charge in [-0.25, -0.2) is 9.37 Å². The molecule has 0 fully saturated rings. The summed E-state index contributed by atoms with van der Waals surface area (Å²) in [6, 6.07) is 9.12. The largest absolute Gasteiger partial charge is 0.335 e. The third-order valence-corrected chi connectivity index (χ3v) is 4.88. The fourth-order valence-electron chi connectivity index (χ4n) is 2.94. The molecule has 0 saturated heterocycles. The number of rotatable bonds is 6. The van der Waals surface area contributed by atoms with E-state index in [1.54, 1.807) is 24.3 Å². The predicted molar refractivity (Wildman–Crippen MR) is 108 cm³/mol. The number of fused-ring (bicyclic) bond motifs is 1. The Balaban J connectivity index is 1.87. The zero-order valence-electron chi connectivity index (χ0n) is 15.1. The van der Waals surface area contributed by atoms with Crippen LogP contribution >= 0.6 is 23.2 Å². The fraction of sp³-hybridized carbons (Fsp3) is 0.250. The number of carbonyl (C=O) groups is 1. The first-order chi connectivity index (χ1) is 13.4. The maximum atomic E-state index is 14.0. The molecule has 0 atom stereocenters. The summed E-state index contributed by atoms with van der Waals surface area (Å²) in [5, 5.41) is 1.09.